The smallest absolute Gasteiger partial charge is 0.242 e. The lowest BCUT2D eigenvalue weighted by Gasteiger charge is -2.30. The van der Waals surface area contributed by atoms with Gasteiger partial charge in [0, 0.05) is 25.2 Å². The summed E-state index contributed by atoms with van der Waals surface area (Å²) in [6, 6.07) is 7.22. The predicted molar refractivity (Wildman–Crippen MR) is 78.1 cm³/mol. The highest BCUT2D eigenvalue weighted by molar-refractivity contribution is 5.82. The summed E-state index contributed by atoms with van der Waals surface area (Å²) in [5.41, 5.74) is 0.915. The minimum atomic E-state index is -0.347. The van der Waals surface area contributed by atoms with Crippen LogP contribution in [0.1, 0.15) is 5.56 Å². The second kappa shape index (κ2) is 7.97. The molecule has 1 aliphatic heterocycles. The number of nitrogens with zero attached hydrogens (tertiary/aromatic N) is 1. The van der Waals surface area contributed by atoms with Crippen molar-refractivity contribution in [3.8, 4) is 5.75 Å². The molecule has 1 aromatic rings. The number of carbonyl (C=O) groups excluding carboxylic acids is 1. The molecular formula is C15H22N2O4. The van der Waals surface area contributed by atoms with Gasteiger partial charge in [0.15, 0.2) is 0 Å². The number of hydrogen-bond acceptors (Lipinski definition) is 5. The van der Waals surface area contributed by atoms with Gasteiger partial charge < -0.3 is 24.8 Å². The van der Waals surface area contributed by atoms with E-state index in [1.165, 1.54) is 0 Å². The van der Waals surface area contributed by atoms with Gasteiger partial charge in [0.25, 0.3) is 0 Å². The van der Waals surface area contributed by atoms with Crippen LogP contribution in [-0.2, 0) is 16.1 Å². The molecule has 1 unspecified atom stereocenters. The summed E-state index contributed by atoms with van der Waals surface area (Å²) in [5.74, 6) is 0.677. The van der Waals surface area contributed by atoms with Gasteiger partial charge >= 0.3 is 0 Å². The lowest BCUT2D eigenvalue weighted by Crippen LogP contribution is -2.52. The highest BCUT2D eigenvalue weighted by Crippen LogP contribution is 2.19. The normalized spacial score (nSPS) is 18.3. The van der Waals surface area contributed by atoms with E-state index in [0.717, 1.165) is 11.3 Å². The number of aliphatic hydroxyl groups is 1. The summed E-state index contributed by atoms with van der Waals surface area (Å²) in [6.45, 7) is 2.27. The summed E-state index contributed by atoms with van der Waals surface area (Å²) >= 11 is 0. The number of aliphatic hydroxyl groups excluding tert-OH is 1. The summed E-state index contributed by atoms with van der Waals surface area (Å²) in [5, 5.41) is 12.4. The maximum Gasteiger partial charge on any atom is 0.242 e. The fourth-order valence-corrected chi connectivity index (χ4v) is 2.37. The van der Waals surface area contributed by atoms with Gasteiger partial charge in [-0.15, -0.1) is 0 Å². The van der Waals surface area contributed by atoms with Crippen molar-refractivity contribution in [2.75, 3.05) is 40.0 Å². The first-order chi connectivity index (χ1) is 10.3. The average Bonchev–Trinajstić information content (AvgIpc) is 2.55. The third-order valence-electron chi connectivity index (χ3n) is 3.46. The first kappa shape index (κ1) is 15.8. The molecule has 21 heavy (non-hydrogen) atoms. The minimum Gasteiger partial charge on any atom is -0.496 e. The first-order valence-corrected chi connectivity index (χ1v) is 7.09. The van der Waals surface area contributed by atoms with Gasteiger partial charge in [0.1, 0.15) is 11.8 Å². The number of rotatable bonds is 6. The molecule has 0 aliphatic carbocycles. The van der Waals surface area contributed by atoms with E-state index < -0.39 is 0 Å². The van der Waals surface area contributed by atoms with Crippen LogP contribution in [0.25, 0.3) is 0 Å². The zero-order chi connectivity index (χ0) is 15.1. The molecule has 1 amide bonds. The molecule has 1 aromatic carbocycles. The first-order valence-electron chi connectivity index (χ1n) is 7.09. The van der Waals surface area contributed by atoms with Crippen LogP contribution in [0, 0.1) is 0 Å². The Labute approximate surface area is 124 Å². The molecule has 0 radical (unpaired) electrons. The Morgan fingerprint density at radius 1 is 1.52 bits per heavy atom. The molecule has 0 bridgehead atoms. The van der Waals surface area contributed by atoms with Crippen LogP contribution in [0.5, 0.6) is 5.75 Å². The number of para-hydroxylation sites is 1. The van der Waals surface area contributed by atoms with Crippen molar-refractivity contribution >= 4 is 5.91 Å². The Bertz CT molecular complexity index is 461. The monoisotopic (exact) mass is 294 g/mol. The Morgan fingerprint density at radius 3 is 3.00 bits per heavy atom. The highest BCUT2D eigenvalue weighted by Gasteiger charge is 2.26. The lowest BCUT2D eigenvalue weighted by molar-refractivity contribution is -0.137. The molecule has 1 atom stereocenters. The van der Waals surface area contributed by atoms with E-state index in [4.69, 9.17) is 9.47 Å². The van der Waals surface area contributed by atoms with Crippen molar-refractivity contribution in [1.82, 2.24) is 10.2 Å². The molecule has 2 rings (SSSR count). The zero-order valence-electron chi connectivity index (χ0n) is 12.2. The van der Waals surface area contributed by atoms with E-state index in [0.29, 0.717) is 26.3 Å². The molecule has 1 saturated heterocycles. The molecule has 2 N–H and O–H groups in total. The molecule has 0 spiro atoms. The van der Waals surface area contributed by atoms with Crippen molar-refractivity contribution in [3.63, 3.8) is 0 Å². The van der Waals surface area contributed by atoms with E-state index in [9.17, 15) is 9.90 Å². The summed E-state index contributed by atoms with van der Waals surface area (Å²) < 4.78 is 10.6. The average molecular weight is 294 g/mol. The van der Waals surface area contributed by atoms with Crippen LogP contribution in [0.15, 0.2) is 24.3 Å². The van der Waals surface area contributed by atoms with Gasteiger partial charge in [0.2, 0.25) is 5.91 Å². The quantitative estimate of drug-likeness (QED) is 0.773. The fourth-order valence-electron chi connectivity index (χ4n) is 2.37. The van der Waals surface area contributed by atoms with Gasteiger partial charge in [-0.25, -0.2) is 0 Å². The van der Waals surface area contributed by atoms with E-state index in [2.05, 4.69) is 5.32 Å². The van der Waals surface area contributed by atoms with E-state index in [1.54, 1.807) is 12.0 Å². The van der Waals surface area contributed by atoms with Crippen molar-refractivity contribution in [1.29, 1.82) is 0 Å². The van der Waals surface area contributed by atoms with Crippen molar-refractivity contribution < 1.29 is 19.4 Å². The van der Waals surface area contributed by atoms with Crippen molar-refractivity contribution in [2.24, 2.45) is 0 Å². The molecule has 1 fully saturated rings. The maximum absolute atomic E-state index is 12.5. The number of carbonyl (C=O) groups is 1. The molecular weight excluding hydrogens is 272 g/mol. The number of benzene rings is 1. The minimum absolute atomic E-state index is 0.0605. The Hall–Kier alpha value is -1.63. The number of nitrogens with one attached hydrogen (secondary N) is 1. The standard InChI is InChI=1S/C15H22N2O4/c1-20-14-5-3-2-4-12(14)10-17(7-8-18)15(19)13-11-21-9-6-16-13/h2-5,13,16,18H,6-11H2,1H3. The number of methoxy groups -OCH3 is 1. The SMILES string of the molecule is COc1ccccc1CN(CCO)C(=O)C1COCCN1. The van der Waals surface area contributed by atoms with Crippen molar-refractivity contribution in [3.05, 3.63) is 29.8 Å². The molecule has 116 valence electrons. The zero-order valence-corrected chi connectivity index (χ0v) is 12.2. The molecule has 0 aromatic heterocycles. The van der Waals surface area contributed by atoms with Gasteiger partial charge in [-0.2, -0.15) is 0 Å². The van der Waals surface area contributed by atoms with Gasteiger partial charge in [0.05, 0.1) is 26.9 Å². The highest BCUT2D eigenvalue weighted by atomic mass is 16.5. The molecule has 1 heterocycles. The van der Waals surface area contributed by atoms with Crippen LogP contribution < -0.4 is 10.1 Å². The number of morpholine rings is 1. The third-order valence-corrected chi connectivity index (χ3v) is 3.46. The van der Waals surface area contributed by atoms with Gasteiger partial charge in [-0.3, -0.25) is 4.79 Å². The number of ether oxygens (including phenoxy) is 2. The summed E-state index contributed by atoms with van der Waals surface area (Å²) in [4.78, 5) is 14.2. The third kappa shape index (κ3) is 4.17. The van der Waals surface area contributed by atoms with Crippen LogP contribution in [0.4, 0.5) is 0 Å². The molecule has 1 aliphatic rings. The predicted octanol–water partition coefficient (Wildman–Crippen LogP) is 0.00450. The Kier molecular flexibility index (Phi) is 5.98. The van der Waals surface area contributed by atoms with E-state index in [1.807, 2.05) is 24.3 Å². The summed E-state index contributed by atoms with van der Waals surface area (Å²) in [6.07, 6.45) is 0. The molecule has 6 heteroatoms. The topological polar surface area (TPSA) is 71.0 Å². The lowest BCUT2D eigenvalue weighted by atomic mass is 10.1. The van der Waals surface area contributed by atoms with Crippen LogP contribution in [-0.4, -0.2) is 62.0 Å². The van der Waals surface area contributed by atoms with E-state index >= 15 is 0 Å². The number of hydrogen-bond donors (Lipinski definition) is 2. The van der Waals surface area contributed by atoms with Crippen LogP contribution in [0.2, 0.25) is 0 Å². The summed E-state index contributed by atoms with van der Waals surface area (Å²) in [7, 11) is 1.60. The largest absolute Gasteiger partial charge is 0.496 e. The second-order valence-electron chi connectivity index (χ2n) is 4.88. The second-order valence-corrected chi connectivity index (χ2v) is 4.88. The van der Waals surface area contributed by atoms with Crippen LogP contribution >= 0.6 is 0 Å². The van der Waals surface area contributed by atoms with Crippen molar-refractivity contribution in [2.45, 2.75) is 12.6 Å². The number of amides is 1. The van der Waals surface area contributed by atoms with Gasteiger partial charge in [-0.1, -0.05) is 18.2 Å². The Balaban J connectivity index is 2.08. The molecule has 0 saturated carbocycles. The van der Waals surface area contributed by atoms with Crippen LogP contribution in [0.3, 0.4) is 0 Å². The van der Waals surface area contributed by atoms with E-state index in [-0.39, 0.29) is 25.1 Å². The maximum atomic E-state index is 12.5. The fraction of sp³-hybridized carbons (Fsp3) is 0.533. The van der Waals surface area contributed by atoms with Gasteiger partial charge in [-0.05, 0) is 6.07 Å². The Morgan fingerprint density at radius 2 is 2.33 bits per heavy atom. The molecule has 6 nitrogen and oxygen atoms in total.